The molecule has 2 aromatic rings. The van der Waals surface area contributed by atoms with Gasteiger partial charge in [-0.1, -0.05) is 0 Å². The lowest BCUT2D eigenvalue weighted by Crippen LogP contribution is -1.94. The number of hydrogen-bond donors (Lipinski definition) is 0. The number of hydrogen-bond acceptors (Lipinski definition) is 3. The average Bonchev–Trinajstić information content (AvgIpc) is 2.32. The molecule has 0 saturated carbocycles. The van der Waals surface area contributed by atoms with E-state index in [1.165, 1.54) is 0 Å². The average molecular weight is 249 g/mol. The molecule has 1 heterocycles. The standard InChI is InChI=1S/C13H13ClN2O/c1-8-6-10(17-3)4-5-11(8)12-9(2)7-15-13(14)16-12/h4-7H,1-3H3. The minimum Gasteiger partial charge on any atom is -0.497 e. The third kappa shape index (κ3) is 2.39. The minimum atomic E-state index is 0.265. The van der Waals surface area contributed by atoms with Gasteiger partial charge in [0.25, 0.3) is 0 Å². The lowest BCUT2D eigenvalue weighted by Gasteiger charge is -2.09. The van der Waals surface area contributed by atoms with E-state index in [0.717, 1.165) is 28.1 Å². The maximum atomic E-state index is 5.83. The number of aryl methyl sites for hydroxylation is 2. The Morgan fingerprint density at radius 1 is 1.18 bits per heavy atom. The van der Waals surface area contributed by atoms with E-state index in [2.05, 4.69) is 9.97 Å². The largest absolute Gasteiger partial charge is 0.497 e. The molecular formula is C13H13ClN2O. The van der Waals surface area contributed by atoms with Crippen LogP contribution in [0.1, 0.15) is 11.1 Å². The predicted octanol–water partition coefficient (Wildman–Crippen LogP) is 3.42. The molecule has 0 unspecified atom stereocenters. The predicted molar refractivity (Wildman–Crippen MR) is 68.5 cm³/mol. The van der Waals surface area contributed by atoms with Crippen LogP contribution >= 0.6 is 11.6 Å². The molecule has 1 aromatic heterocycles. The maximum absolute atomic E-state index is 5.83. The Morgan fingerprint density at radius 2 is 1.94 bits per heavy atom. The third-order valence-corrected chi connectivity index (χ3v) is 2.81. The molecule has 0 fully saturated rings. The molecular weight excluding hydrogens is 236 g/mol. The summed E-state index contributed by atoms with van der Waals surface area (Å²) in [6.07, 6.45) is 1.73. The van der Waals surface area contributed by atoms with E-state index >= 15 is 0 Å². The molecule has 0 aliphatic heterocycles. The van der Waals surface area contributed by atoms with Gasteiger partial charge >= 0.3 is 0 Å². The second-order valence-electron chi connectivity index (χ2n) is 3.85. The van der Waals surface area contributed by atoms with Gasteiger partial charge in [0.2, 0.25) is 5.28 Å². The molecule has 0 spiro atoms. The molecule has 2 rings (SSSR count). The van der Waals surface area contributed by atoms with Crippen LogP contribution in [0.15, 0.2) is 24.4 Å². The van der Waals surface area contributed by atoms with Crippen LogP contribution in [0.2, 0.25) is 5.28 Å². The highest BCUT2D eigenvalue weighted by Gasteiger charge is 2.09. The van der Waals surface area contributed by atoms with Crippen LogP contribution in [-0.2, 0) is 0 Å². The molecule has 0 atom stereocenters. The maximum Gasteiger partial charge on any atom is 0.222 e. The number of ether oxygens (including phenoxy) is 1. The van der Waals surface area contributed by atoms with Crippen LogP contribution in [0.4, 0.5) is 0 Å². The van der Waals surface area contributed by atoms with E-state index < -0.39 is 0 Å². The molecule has 0 aliphatic rings. The van der Waals surface area contributed by atoms with Crippen molar-refractivity contribution in [3.8, 4) is 17.0 Å². The first kappa shape index (κ1) is 11.9. The van der Waals surface area contributed by atoms with E-state index in [1.54, 1.807) is 13.3 Å². The van der Waals surface area contributed by atoms with Crippen molar-refractivity contribution in [2.75, 3.05) is 7.11 Å². The zero-order valence-corrected chi connectivity index (χ0v) is 10.7. The van der Waals surface area contributed by atoms with Crippen LogP contribution in [0, 0.1) is 13.8 Å². The van der Waals surface area contributed by atoms with Crippen LogP contribution in [0.25, 0.3) is 11.3 Å². The Balaban J connectivity index is 2.56. The van der Waals surface area contributed by atoms with Crippen molar-refractivity contribution in [2.45, 2.75) is 13.8 Å². The van der Waals surface area contributed by atoms with E-state index in [4.69, 9.17) is 16.3 Å². The SMILES string of the molecule is COc1ccc(-c2nc(Cl)ncc2C)c(C)c1. The van der Waals surface area contributed by atoms with Crippen molar-refractivity contribution in [1.29, 1.82) is 0 Å². The van der Waals surface area contributed by atoms with Crippen molar-refractivity contribution in [3.63, 3.8) is 0 Å². The van der Waals surface area contributed by atoms with Crippen molar-refractivity contribution in [1.82, 2.24) is 9.97 Å². The van der Waals surface area contributed by atoms with Crippen molar-refractivity contribution >= 4 is 11.6 Å². The van der Waals surface area contributed by atoms with E-state index in [9.17, 15) is 0 Å². The van der Waals surface area contributed by atoms with Gasteiger partial charge in [-0.25, -0.2) is 9.97 Å². The van der Waals surface area contributed by atoms with Gasteiger partial charge in [-0.05, 0) is 54.8 Å². The van der Waals surface area contributed by atoms with E-state index in [0.29, 0.717) is 0 Å². The van der Waals surface area contributed by atoms with Crippen molar-refractivity contribution in [3.05, 3.63) is 40.8 Å². The smallest absolute Gasteiger partial charge is 0.222 e. The number of rotatable bonds is 2. The Bertz CT molecular complexity index is 555. The summed E-state index contributed by atoms with van der Waals surface area (Å²) >= 11 is 5.83. The number of halogens is 1. The molecule has 0 bridgehead atoms. The highest BCUT2D eigenvalue weighted by molar-refractivity contribution is 6.28. The lowest BCUT2D eigenvalue weighted by molar-refractivity contribution is 0.414. The van der Waals surface area contributed by atoms with Gasteiger partial charge in [0.15, 0.2) is 0 Å². The fourth-order valence-corrected chi connectivity index (χ4v) is 1.86. The number of methoxy groups -OCH3 is 1. The lowest BCUT2D eigenvalue weighted by atomic mass is 10.0. The highest BCUT2D eigenvalue weighted by atomic mass is 35.5. The molecule has 4 heteroatoms. The third-order valence-electron chi connectivity index (χ3n) is 2.63. The highest BCUT2D eigenvalue weighted by Crippen LogP contribution is 2.27. The number of aromatic nitrogens is 2. The van der Waals surface area contributed by atoms with Gasteiger partial charge in [-0.15, -0.1) is 0 Å². The molecule has 0 aliphatic carbocycles. The summed E-state index contributed by atoms with van der Waals surface area (Å²) in [4.78, 5) is 8.23. The fraction of sp³-hybridized carbons (Fsp3) is 0.231. The molecule has 0 N–H and O–H groups in total. The summed E-state index contributed by atoms with van der Waals surface area (Å²) in [5.74, 6) is 0.837. The van der Waals surface area contributed by atoms with Gasteiger partial charge in [-0.3, -0.25) is 0 Å². The summed E-state index contributed by atoms with van der Waals surface area (Å²) in [6.45, 7) is 3.99. The van der Waals surface area contributed by atoms with Gasteiger partial charge in [0, 0.05) is 11.8 Å². The molecule has 88 valence electrons. The van der Waals surface area contributed by atoms with Crippen LogP contribution in [0.5, 0.6) is 5.75 Å². The molecule has 0 radical (unpaired) electrons. The summed E-state index contributed by atoms with van der Waals surface area (Å²) < 4.78 is 5.18. The quantitative estimate of drug-likeness (QED) is 0.764. The number of benzene rings is 1. The molecule has 17 heavy (non-hydrogen) atoms. The van der Waals surface area contributed by atoms with Gasteiger partial charge in [-0.2, -0.15) is 0 Å². The Morgan fingerprint density at radius 3 is 2.59 bits per heavy atom. The Labute approximate surface area is 105 Å². The summed E-state index contributed by atoms with van der Waals surface area (Å²) in [5.41, 5.74) is 4.02. The minimum absolute atomic E-state index is 0.265. The van der Waals surface area contributed by atoms with E-state index in [-0.39, 0.29) is 5.28 Å². The van der Waals surface area contributed by atoms with E-state index in [1.807, 2.05) is 32.0 Å². The zero-order chi connectivity index (χ0) is 12.4. The fourth-order valence-electron chi connectivity index (χ4n) is 1.72. The topological polar surface area (TPSA) is 35.0 Å². The molecule has 0 saturated heterocycles. The Hall–Kier alpha value is -1.61. The molecule has 3 nitrogen and oxygen atoms in total. The summed E-state index contributed by atoms with van der Waals surface area (Å²) in [6, 6.07) is 5.88. The number of nitrogens with zero attached hydrogens (tertiary/aromatic N) is 2. The normalized spacial score (nSPS) is 10.4. The zero-order valence-electron chi connectivity index (χ0n) is 9.99. The van der Waals surface area contributed by atoms with Gasteiger partial charge < -0.3 is 4.74 Å². The molecule has 1 aromatic carbocycles. The first-order chi connectivity index (χ1) is 8.11. The van der Waals surface area contributed by atoms with Crippen LogP contribution in [-0.4, -0.2) is 17.1 Å². The van der Waals surface area contributed by atoms with Gasteiger partial charge in [0.05, 0.1) is 12.8 Å². The monoisotopic (exact) mass is 248 g/mol. The van der Waals surface area contributed by atoms with Crippen LogP contribution < -0.4 is 4.74 Å². The second kappa shape index (κ2) is 4.72. The first-order valence-electron chi connectivity index (χ1n) is 5.26. The summed E-state index contributed by atoms with van der Waals surface area (Å²) in [5, 5.41) is 0.265. The Kier molecular flexibility index (Phi) is 3.29. The van der Waals surface area contributed by atoms with Gasteiger partial charge in [0.1, 0.15) is 5.75 Å². The van der Waals surface area contributed by atoms with Crippen LogP contribution in [0.3, 0.4) is 0 Å². The first-order valence-corrected chi connectivity index (χ1v) is 5.64. The van der Waals surface area contributed by atoms with Crippen molar-refractivity contribution in [2.24, 2.45) is 0 Å². The second-order valence-corrected chi connectivity index (χ2v) is 4.19. The summed E-state index contributed by atoms with van der Waals surface area (Å²) in [7, 11) is 1.65. The van der Waals surface area contributed by atoms with Crippen molar-refractivity contribution < 1.29 is 4.74 Å². The molecule has 0 amide bonds.